The normalized spacial score (nSPS) is 34.5. The van der Waals surface area contributed by atoms with Gasteiger partial charge in [0.15, 0.2) is 0 Å². The number of hydrogen-bond acceptors (Lipinski definition) is 2. The highest BCUT2D eigenvalue weighted by molar-refractivity contribution is 5.13. The predicted octanol–water partition coefficient (Wildman–Crippen LogP) is 1.98. The Morgan fingerprint density at radius 3 is 2.62 bits per heavy atom. The van der Waals surface area contributed by atoms with E-state index in [2.05, 4.69) is 13.5 Å². The summed E-state index contributed by atoms with van der Waals surface area (Å²) in [7, 11) is 0. The van der Waals surface area contributed by atoms with E-state index in [1.54, 1.807) is 0 Å². The van der Waals surface area contributed by atoms with Crippen LogP contribution in [0, 0.1) is 11.8 Å². The molecule has 0 aromatic carbocycles. The van der Waals surface area contributed by atoms with Crippen molar-refractivity contribution in [2.75, 3.05) is 6.61 Å². The Kier molecular flexibility index (Phi) is 3.51. The van der Waals surface area contributed by atoms with E-state index in [1.807, 2.05) is 13.8 Å². The predicted molar refractivity (Wildman–Crippen MR) is 53.5 cm³/mol. The van der Waals surface area contributed by atoms with Crippen molar-refractivity contribution in [3.8, 4) is 0 Å². The van der Waals surface area contributed by atoms with Gasteiger partial charge in [0, 0.05) is 5.92 Å². The Balaban J connectivity index is 2.44. The standard InChI is InChI=1S/C11H20O2/c1-7(2)13-6-10-9(4)8(3)5-11(10)12/h7-8,10-12H,4-6H2,1-3H3. The minimum absolute atomic E-state index is 0.150. The van der Waals surface area contributed by atoms with Gasteiger partial charge in [-0.2, -0.15) is 0 Å². The lowest BCUT2D eigenvalue weighted by atomic mass is 10.0. The van der Waals surface area contributed by atoms with E-state index in [1.165, 1.54) is 0 Å². The van der Waals surface area contributed by atoms with Crippen molar-refractivity contribution >= 4 is 0 Å². The summed E-state index contributed by atoms with van der Waals surface area (Å²) in [6, 6.07) is 0. The molecule has 1 N–H and O–H groups in total. The maximum atomic E-state index is 9.70. The molecule has 76 valence electrons. The fourth-order valence-electron chi connectivity index (χ4n) is 1.80. The Morgan fingerprint density at radius 2 is 2.23 bits per heavy atom. The smallest absolute Gasteiger partial charge is 0.0633 e. The first-order valence-corrected chi connectivity index (χ1v) is 5.00. The molecule has 0 aromatic rings. The van der Waals surface area contributed by atoms with Gasteiger partial charge in [0.2, 0.25) is 0 Å². The molecule has 3 unspecified atom stereocenters. The largest absolute Gasteiger partial charge is 0.392 e. The van der Waals surface area contributed by atoms with Gasteiger partial charge in [-0.05, 0) is 26.2 Å². The molecular formula is C11H20O2. The van der Waals surface area contributed by atoms with Crippen LogP contribution in [0.3, 0.4) is 0 Å². The lowest BCUT2D eigenvalue weighted by Crippen LogP contribution is -2.21. The zero-order valence-corrected chi connectivity index (χ0v) is 8.79. The Morgan fingerprint density at radius 1 is 1.62 bits per heavy atom. The molecule has 2 nitrogen and oxygen atoms in total. The van der Waals surface area contributed by atoms with Crippen LogP contribution in [-0.4, -0.2) is 23.9 Å². The van der Waals surface area contributed by atoms with E-state index in [9.17, 15) is 5.11 Å². The molecule has 1 rings (SSSR count). The summed E-state index contributed by atoms with van der Waals surface area (Å²) in [5, 5.41) is 9.70. The molecule has 1 saturated carbocycles. The van der Waals surface area contributed by atoms with Crippen LogP contribution in [0.15, 0.2) is 12.2 Å². The first-order valence-electron chi connectivity index (χ1n) is 5.00. The monoisotopic (exact) mass is 184 g/mol. The molecule has 0 heterocycles. The Labute approximate surface area is 80.6 Å². The Bertz CT molecular complexity index is 187. The molecule has 0 spiro atoms. The number of ether oxygens (including phenoxy) is 1. The van der Waals surface area contributed by atoms with Crippen molar-refractivity contribution in [1.29, 1.82) is 0 Å². The number of rotatable bonds is 3. The summed E-state index contributed by atoms with van der Waals surface area (Å²) < 4.78 is 5.49. The minimum atomic E-state index is -0.249. The molecule has 0 aliphatic heterocycles. The van der Waals surface area contributed by atoms with Gasteiger partial charge in [-0.25, -0.2) is 0 Å². The SMILES string of the molecule is C=C1C(C)CC(O)C1COC(C)C. The maximum Gasteiger partial charge on any atom is 0.0633 e. The maximum absolute atomic E-state index is 9.70. The first-order chi connectivity index (χ1) is 6.02. The quantitative estimate of drug-likeness (QED) is 0.680. The second-order valence-corrected chi connectivity index (χ2v) is 4.27. The summed E-state index contributed by atoms with van der Waals surface area (Å²) in [4.78, 5) is 0. The van der Waals surface area contributed by atoms with Crippen molar-refractivity contribution in [3.05, 3.63) is 12.2 Å². The van der Waals surface area contributed by atoms with Crippen molar-refractivity contribution in [2.45, 2.75) is 39.4 Å². The zero-order chi connectivity index (χ0) is 10.0. The number of hydrogen-bond donors (Lipinski definition) is 1. The van der Waals surface area contributed by atoms with Crippen molar-refractivity contribution < 1.29 is 9.84 Å². The lowest BCUT2D eigenvalue weighted by molar-refractivity contribution is 0.0243. The van der Waals surface area contributed by atoms with Crippen molar-refractivity contribution in [2.24, 2.45) is 11.8 Å². The lowest BCUT2D eigenvalue weighted by Gasteiger charge is -2.17. The molecular weight excluding hydrogens is 164 g/mol. The van der Waals surface area contributed by atoms with Gasteiger partial charge in [0.25, 0.3) is 0 Å². The van der Waals surface area contributed by atoms with Gasteiger partial charge in [0.1, 0.15) is 0 Å². The second kappa shape index (κ2) is 4.25. The molecule has 13 heavy (non-hydrogen) atoms. The number of aliphatic hydroxyl groups is 1. The molecule has 1 aliphatic rings. The van der Waals surface area contributed by atoms with Crippen LogP contribution in [0.1, 0.15) is 27.2 Å². The van der Waals surface area contributed by atoms with Gasteiger partial charge in [-0.15, -0.1) is 0 Å². The molecule has 0 amide bonds. The van der Waals surface area contributed by atoms with E-state index in [0.29, 0.717) is 12.5 Å². The highest BCUT2D eigenvalue weighted by atomic mass is 16.5. The van der Waals surface area contributed by atoms with E-state index >= 15 is 0 Å². The second-order valence-electron chi connectivity index (χ2n) is 4.27. The van der Waals surface area contributed by atoms with E-state index in [0.717, 1.165) is 12.0 Å². The topological polar surface area (TPSA) is 29.5 Å². The summed E-state index contributed by atoms with van der Waals surface area (Å²) in [5.41, 5.74) is 1.15. The van der Waals surface area contributed by atoms with Crippen LogP contribution in [-0.2, 0) is 4.74 Å². The molecule has 1 fully saturated rings. The zero-order valence-electron chi connectivity index (χ0n) is 8.79. The third-order valence-corrected chi connectivity index (χ3v) is 2.78. The molecule has 2 heteroatoms. The van der Waals surface area contributed by atoms with Crippen LogP contribution >= 0.6 is 0 Å². The van der Waals surface area contributed by atoms with Gasteiger partial charge in [-0.3, -0.25) is 0 Å². The van der Waals surface area contributed by atoms with Gasteiger partial charge < -0.3 is 9.84 Å². The summed E-state index contributed by atoms with van der Waals surface area (Å²) in [6.07, 6.45) is 0.822. The molecule has 0 aromatic heterocycles. The average molecular weight is 184 g/mol. The van der Waals surface area contributed by atoms with Crippen LogP contribution < -0.4 is 0 Å². The fourth-order valence-corrected chi connectivity index (χ4v) is 1.80. The van der Waals surface area contributed by atoms with Crippen LogP contribution in [0.2, 0.25) is 0 Å². The third-order valence-electron chi connectivity index (χ3n) is 2.78. The highest BCUT2D eigenvalue weighted by Crippen LogP contribution is 2.35. The summed E-state index contributed by atoms with van der Waals surface area (Å²) in [5.74, 6) is 0.591. The Hall–Kier alpha value is -0.340. The van der Waals surface area contributed by atoms with E-state index in [4.69, 9.17) is 4.74 Å². The van der Waals surface area contributed by atoms with Crippen LogP contribution in [0.5, 0.6) is 0 Å². The summed E-state index contributed by atoms with van der Waals surface area (Å²) >= 11 is 0. The average Bonchev–Trinajstić information content (AvgIpc) is 2.24. The van der Waals surface area contributed by atoms with Gasteiger partial charge in [0.05, 0.1) is 18.8 Å². The van der Waals surface area contributed by atoms with Crippen molar-refractivity contribution in [1.82, 2.24) is 0 Å². The van der Waals surface area contributed by atoms with Crippen LogP contribution in [0.4, 0.5) is 0 Å². The molecule has 0 bridgehead atoms. The third kappa shape index (κ3) is 2.55. The van der Waals surface area contributed by atoms with Gasteiger partial charge >= 0.3 is 0 Å². The highest BCUT2D eigenvalue weighted by Gasteiger charge is 2.34. The minimum Gasteiger partial charge on any atom is -0.392 e. The molecule has 0 radical (unpaired) electrons. The summed E-state index contributed by atoms with van der Waals surface area (Å²) in [6.45, 7) is 10.7. The van der Waals surface area contributed by atoms with Crippen molar-refractivity contribution in [3.63, 3.8) is 0 Å². The molecule has 1 aliphatic carbocycles. The fraction of sp³-hybridized carbons (Fsp3) is 0.818. The van der Waals surface area contributed by atoms with E-state index in [-0.39, 0.29) is 18.1 Å². The van der Waals surface area contributed by atoms with E-state index < -0.39 is 0 Å². The molecule has 0 saturated heterocycles. The first kappa shape index (κ1) is 10.7. The molecule has 3 atom stereocenters. The number of aliphatic hydroxyl groups excluding tert-OH is 1. The van der Waals surface area contributed by atoms with Crippen LogP contribution in [0.25, 0.3) is 0 Å². The van der Waals surface area contributed by atoms with Gasteiger partial charge in [-0.1, -0.05) is 19.1 Å².